The Bertz CT molecular complexity index is 1390. The number of ether oxygens (including phenoxy) is 1. The molecular weight excluding hydrogens is 489 g/mol. The van der Waals surface area contributed by atoms with Crippen LogP contribution < -0.4 is 4.74 Å². The van der Waals surface area contributed by atoms with Crippen LogP contribution in [0.4, 0.5) is 0 Å². The fourth-order valence-corrected chi connectivity index (χ4v) is 4.90. The van der Waals surface area contributed by atoms with E-state index in [1.54, 1.807) is 73.1 Å². The predicted molar refractivity (Wildman–Crippen MR) is 137 cm³/mol. The number of sulfonamides is 1. The third kappa shape index (κ3) is 7.22. The van der Waals surface area contributed by atoms with Crippen molar-refractivity contribution in [3.05, 3.63) is 108 Å². The van der Waals surface area contributed by atoms with Crippen LogP contribution in [0.5, 0.6) is 5.75 Å². The Labute approximate surface area is 232 Å². The van der Waals surface area contributed by atoms with Crippen LogP contribution in [0.25, 0.3) is 11.4 Å². The molecule has 1 N–H and O–H groups in total. The van der Waals surface area contributed by atoms with Gasteiger partial charge in [0.15, 0.2) is 12.4 Å². The first-order valence-electron chi connectivity index (χ1n) is 10.8. The zero-order valence-electron chi connectivity index (χ0n) is 18.7. The number of nitrogens with zero attached hydrogens (tertiary/aromatic N) is 3. The number of carboxylic acid groups (broad SMARTS) is 1. The molecule has 0 saturated heterocycles. The molecule has 0 aliphatic rings. The first-order valence-corrected chi connectivity index (χ1v) is 12.2. The number of aromatic nitrogens is 2. The Balaban J connectivity index is 0.00000361. The third-order valence-corrected chi connectivity index (χ3v) is 6.94. The van der Waals surface area contributed by atoms with Crippen molar-refractivity contribution in [1.82, 2.24) is 14.3 Å². The molecule has 4 rings (SSSR count). The van der Waals surface area contributed by atoms with Crippen LogP contribution >= 0.6 is 0 Å². The molecule has 1 aromatic heterocycles. The van der Waals surface area contributed by atoms with Crippen molar-refractivity contribution in [1.29, 1.82) is 0 Å². The van der Waals surface area contributed by atoms with Crippen molar-refractivity contribution in [2.45, 2.75) is 18.0 Å². The van der Waals surface area contributed by atoms with E-state index in [1.165, 1.54) is 4.31 Å². The molecule has 1 heterocycles. The van der Waals surface area contributed by atoms with Gasteiger partial charge in [-0.1, -0.05) is 54.6 Å². The first kappa shape index (κ1) is 27.5. The van der Waals surface area contributed by atoms with Crippen LogP contribution in [-0.4, -0.2) is 69.9 Å². The maximum atomic E-state index is 13.5. The fraction of sp³-hybridized carbons (Fsp3) is 0.115. The quantitative estimate of drug-likeness (QED) is 0.324. The fourth-order valence-electron chi connectivity index (χ4n) is 3.46. The summed E-state index contributed by atoms with van der Waals surface area (Å²) in [6.45, 7) is -0.272. The second-order valence-electron chi connectivity index (χ2n) is 7.69. The summed E-state index contributed by atoms with van der Waals surface area (Å²) in [5.41, 5.74) is 2.29. The molecule has 0 aliphatic heterocycles. The van der Waals surface area contributed by atoms with Crippen molar-refractivity contribution < 1.29 is 23.1 Å². The molecule has 0 bridgehead atoms. The SMILES string of the molecule is O=C(O)COc1cccc(CN(Cc2ccc(-c3ncccn3)cc2)S(=O)(=O)c2ccccc2)c1.[NaH]. The van der Waals surface area contributed by atoms with E-state index in [0.717, 1.165) is 11.1 Å². The van der Waals surface area contributed by atoms with Crippen molar-refractivity contribution in [3.63, 3.8) is 0 Å². The first-order chi connectivity index (χ1) is 16.9. The molecule has 0 radical (unpaired) electrons. The summed E-state index contributed by atoms with van der Waals surface area (Å²) in [7, 11) is -3.82. The number of benzene rings is 3. The van der Waals surface area contributed by atoms with Crippen LogP contribution in [0, 0.1) is 0 Å². The number of carbonyl (C=O) groups is 1. The van der Waals surface area contributed by atoms with Crippen LogP contribution in [0.3, 0.4) is 0 Å². The zero-order chi connectivity index (χ0) is 24.7. The van der Waals surface area contributed by atoms with Gasteiger partial charge >= 0.3 is 35.5 Å². The number of hydrogen-bond donors (Lipinski definition) is 1. The molecule has 0 fully saturated rings. The molecule has 0 atom stereocenters. The molecule has 0 unspecified atom stereocenters. The third-order valence-electron chi connectivity index (χ3n) is 5.14. The molecule has 3 aromatic carbocycles. The summed E-state index contributed by atoms with van der Waals surface area (Å²) in [5, 5.41) is 8.86. The molecule has 36 heavy (non-hydrogen) atoms. The van der Waals surface area contributed by atoms with E-state index >= 15 is 0 Å². The molecule has 180 valence electrons. The van der Waals surface area contributed by atoms with Crippen molar-refractivity contribution >= 4 is 45.5 Å². The van der Waals surface area contributed by atoms with Crippen LogP contribution in [-0.2, 0) is 27.9 Å². The average molecular weight is 514 g/mol. The molecule has 8 nitrogen and oxygen atoms in total. The topological polar surface area (TPSA) is 110 Å². The van der Waals surface area contributed by atoms with Gasteiger partial charge in [-0.3, -0.25) is 0 Å². The molecule has 10 heteroatoms. The number of aliphatic carboxylic acids is 1. The van der Waals surface area contributed by atoms with Gasteiger partial charge in [-0.2, -0.15) is 4.31 Å². The van der Waals surface area contributed by atoms with Crippen LogP contribution in [0.2, 0.25) is 0 Å². The van der Waals surface area contributed by atoms with E-state index < -0.39 is 22.6 Å². The van der Waals surface area contributed by atoms with Crippen molar-refractivity contribution in [2.75, 3.05) is 6.61 Å². The number of rotatable bonds is 10. The molecule has 0 amide bonds. The van der Waals surface area contributed by atoms with Gasteiger partial charge in [0.05, 0.1) is 4.90 Å². The Hall–Kier alpha value is -3.08. The van der Waals surface area contributed by atoms with Gasteiger partial charge in [-0.25, -0.2) is 23.2 Å². The molecule has 0 spiro atoms. The van der Waals surface area contributed by atoms with Crippen LogP contribution in [0.1, 0.15) is 11.1 Å². The standard InChI is InChI=1S/C26H23N3O5S.Na.H/c30-25(31)19-34-23-7-4-6-21(16-23)18-29(35(32,33)24-8-2-1-3-9-24)17-20-10-12-22(13-11-20)26-27-14-5-15-28-26;;/h1-16H,17-19H2,(H,30,31);;. The van der Waals surface area contributed by atoms with Crippen LogP contribution in [0.15, 0.2) is 102 Å². The van der Waals surface area contributed by atoms with Gasteiger partial charge in [0.1, 0.15) is 5.75 Å². The summed E-state index contributed by atoms with van der Waals surface area (Å²) < 4.78 is 33.7. The number of carboxylic acids is 1. The van der Waals surface area contributed by atoms with Gasteiger partial charge in [0.25, 0.3) is 0 Å². The van der Waals surface area contributed by atoms with Gasteiger partial charge in [-0.05, 0) is 41.5 Å². The minimum atomic E-state index is -3.82. The van der Waals surface area contributed by atoms with E-state index in [0.29, 0.717) is 17.1 Å². The predicted octanol–water partition coefficient (Wildman–Crippen LogP) is 3.35. The van der Waals surface area contributed by atoms with Crippen molar-refractivity contribution in [3.8, 4) is 17.1 Å². The average Bonchev–Trinajstić information content (AvgIpc) is 2.89. The molecule has 4 aromatic rings. The molecule has 0 aliphatic carbocycles. The Kier molecular flexibility index (Phi) is 9.74. The van der Waals surface area contributed by atoms with Gasteiger partial charge in [-0.15, -0.1) is 0 Å². The van der Waals surface area contributed by atoms with E-state index in [1.807, 2.05) is 24.3 Å². The van der Waals surface area contributed by atoms with E-state index in [4.69, 9.17) is 9.84 Å². The van der Waals surface area contributed by atoms with Crippen molar-refractivity contribution in [2.24, 2.45) is 0 Å². The second-order valence-corrected chi connectivity index (χ2v) is 9.62. The summed E-state index contributed by atoms with van der Waals surface area (Å²) in [6.07, 6.45) is 3.33. The Morgan fingerprint density at radius 2 is 1.50 bits per heavy atom. The second kappa shape index (κ2) is 12.8. The summed E-state index contributed by atoms with van der Waals surface area (Å²) >= 11 is 0. The normalized spacial score (nSPS) is 11.0. The molecular formula is C26H24N3NaO5S. The molecule has 0 saturated carbocycles. The van der Waals surface area contributed by atoms with E-state index in [-0.39, 0.29) is 47.5 Å². The monoisotopic (exact) mass is 513 g/mol. The summed E-state index contributed by atoms with van der Waals surface area (Å²) in [4.78, 5) is 19.5. The van der Waals surface area contributed by atoms with Gasteiger partial charge in [0, 0.05) is 31.0 Å². The maximum absolute atomic E-state index is 13.5. The summed E-state index contributed by atoms with van der Waals surface area (Å²) in [5.74, 6) is -0.145. The zero-order valence-corrected chi connectivity index (χ0v) is 19.5. The van der Waals surface area contributed by atoms with E-state index in [9.17, 15) is 13.2 Å². The van der Waals surface area contributed by atoms with Gasteiger partial charge < -0.3 is 9.84 Å². The Morgan fingerprint density at radius 1 is 0.833 bits per heavy atom. The number of hydrogen-bond acceptors (Lipinski definition) is 6. The van der Waals surface area contributed by atoms with Gasteiger partial charge in [0.2, 0.25) is 10.0 Å². The Morgan fingerprint density at radius 3 is 2.17 bits per heavy atom. The van der Waals surface area contributed by atoms with E-state index in [2.05, 4.69) is 9.97 Å². The minimum absolute atomic E-state index is 0. The summed E-state index contributed by atoms with van der Waals surface area (Å²) in [6, 6.07) is 24.2.